The van der Waals surface area contributed by atoms with E-state index in [9.17, 15) is 4.79 Å². The highest BCUT2D eigenvalue weighted by Crippen LogP contribution is 2.21. The van der Waals surface area contributed by atoms with Crippen molar-refractivity contribution < 1.29 is 9.90 Å². The summed E-state index contributed by atoms with van der Waals surface area (Å²) in [5.41, 5.74) is 1.14. The van der Waals surface area contributed by atoms with Crippen LogP contribution in [0.15, 0.2) is 18.3 Å². The Bertz CT molecular complexity index is 557. The van der Waals surface area contributed by atoms with Crippen molar-refractivity contribution in [2.75, 3.05) is 33.8 Å². The molecule has 5 heteroatoms. The first-order valence-electron chi connectivity index (χ1n) is 7.04. The van der Waals surface area contributed by atoms with Crippen molar-refractivity contribution in [2.24, 2.45) is 5.92 Å². The van der Waals surface area contributed by atoms with Gasteiger partial charge in [0, 0.05) is 30.9 Å². The van der Waals surface area contributed by atoms with Crippen LogP contribution in [0.2, 0.25) is 0 Å². The molecule has 2 unspecified atom stereocenters. The van der Waals surface area contributed by atoms with E-state index in [4.69, 9.17) is 5.11 Å². The zero-order chi connectivity index (χ0) is 15.4. The number of aromatic nitrogens is 1. The molecule has 1 aliphatic heterocycles. The molecule has 0 spiro atoms. The van der Waals surface area contributed by atoms with Crippen LogP contribution in [-0.2, 0) is 0 Å². The molecule has 2 atom stereocenters. The van der Waals surface area contributed by atoms with Gasteiger partial charge in [0.1, 0.15) is 12.3 Å². The average Bonchev–Trinajstić information content (AvgIpc) is 2.87. The number of aliphatic hydroxyl groups is 1. The summed E-state index contributed by atoms with van der Waals surface area (Å²) in [7, 11) is 4.09. The summed E-state index contributed by atoms with van der Waals surface area (Å²) in [5, 5.41) is 8.65. The molecule has 0 saturated carbocycles. The van der Waals surface area contributed by atoms with E-state index < -0.39 is 0 Å². The number of carbonyl (C=O) groups is 1. The van der Waals surface area contributed by atoms with Crippen molar-refractivity contribution in [3.05, 3.63) is 29.6 Å². The molecule has 1 aromatic rings. The number of likely N-dealkylation sites (N-methyl/N-ethyl adjacent to an activating group) is 1. The summed E-state index contributed by atoms with van der Waals surface area (Å²) >= 11 is 0. The molecule has 1 N–H and O–H groups in total. The van der Waals surface area contributed by atoms with Gasteiger partial charge in [0.15, 0.2) is 0 Å². The first-order valence-corrected chi connectivity index (χ1v) is 7.04. The van der Waals surface area contributed by atoms with Crippen molar-refractivity contribution in [1.29, 1.82) is 0 Å². The summed E-state index contributed by atoms with van der Waals surface area (Å²) in [6, 6.07) is 3.84. The first-order chi connectivity index (χ1) is 10.0. The van der Waals surface area contributed by atoms with Crippen LogP contribution >= 0.6 is 0 Å². The number of hydrogen-bond donors (Lipinski definition) is 1. The molecule has 5 nitrogen and oxygen atoms in total. The van der Waals surface area contributed by atoms with Gasteiger partial charge in [-0.2, -0.15) is 0 Å². The summed E-state index contributed by atoms with van der Waals surface area (Å²) in [6.07, 6.45) is 1.57. The fourth-order valence-corrected chi connectivity index (χ4v) is 2.69. The SMILES string of the molecule is CC1CN(C(=O)c2ccc(C#CCO)cn2)CC1N(C)C. The standard InChI is InChI=1S/C16H21N3O2/c1-12-10-19(11-15(12)18(2)3)16(21)14-7-6-13(9-17-14)5-4-8-20/h6-7,9,12,15,20H,8,10-11H2,1-3H3. The number of rotatable bonds is 2. The zero-order valence-electron chi connectivity index (χ0n) is 12.7. The van der Waals surface area contributed by atoms with Crippen molar-refractivity contribution in [2.45, 2.75) is 13.0 Å². The van der Waals surface area contributed by atoms with Crippen LogP contribution in [-0.4, -0.2) is 65.6 Å². The third-order valence-corrected chi connectivity index (χ3v) is 3.82. The van der Waals surface area contributed by atoms with Crippen LogP contribution < -0.4 is 0 Å². The number of likely N-dealkylation sites (tertiary alicyclic amines) is 1. The lowest BCUT2D eigenvalue weighted by Gasteiger charge is -2.22. The molecule has 1 aromatic heterocycles. The molecule has 21 heavy (non-hydrogen) atoms. The molecule has 2 rings (SSSR count). The van der Waals surface area contributed by atoms with Gasteiger partial charge in [-0.05, 0) is 32.1 Å². The minimum absolute atomic E-state index is 0.0344. The number of pyridine rings is 1. The van der Waals surface area contributed by atoms with E-state index in [1.54, 1.807) is 18.3 Å². The first kappa shape index (κ1) is 15.5. The van der Waals surface area contributed by atoms with E-state index >= 15 is 0 Å². The molecule has 1 aliphatic rings. The average molecular weight is 287 g/mol. The van der Waals surface area contributed by atoms with Crippen LogP contribution in [0, 0.1) is 17.8 Å². The number of aliphatic hydroxyl groups excluding tert-OH is 1. The second-order valence-corrected chi connectivity index (χ2v) is 5.61. The monoisotopic (exact) mass is 287 g/mol. The predicted octanol–water partition coefficient (Wildman–Crippen LogP) is 0.447. The molecule has 1 amide bonds. The Morgan fingerprint density at radius 2 is 2.24 bits per heavy atom. The van der Waals surface area contributed by atoms with Gasteiger partial charge in [0.25, 0.3) is 5.91 Å². The smallest absolute Gasteiger partial charge is 0.272 e. The fourth-order valence-electron chi connectivity index (χ4n) is 2.69. The molecule has 0 aliphatic carbocycles. The number of amides is 1. The van der Waals surface area contributed by atoms with E-state index in [-0.39, 0.29) is 12.5 Å². The summed E-state index contributed by atoms with van der Waals surface area (Å²) < 4.78 is 0. The normalized spacial score (nSPS) is 21.3. The quantitative estimate of drug-likeness (QED) is 0.802. The van der Waals surface area contributed by atoms with Gasteiger partial charge in [0.05, 0.1) is 0 Å². The topological polar surface area (TPSA) is 56.7 Å². The largest absolute Gasteiger partial charge is 0.384 e. The van der Waals surface area contributed by atoms with Crippen LogP contribution in [0.5, 0.6) is 0 Å². The van der Waals surface area contributed by atoms with Gasteiger partial charge < -0.3 is 14.9 Å². The van der Waals surface area contributed by atoms with Gasteiger partial charge in [-0.3, -0.25) is 4.79 Å². The van der Waals surface area contributed by atoms with Crippen LogP contribution in [0.1, 0.15) is 23.0 Å². The third-order valence-electron chi connectivity index (χ3n) is 3.82. The maximum Gasteiger partial charge on any atom is 0.272 e. The van der Waals surface area contributed by atoms with E-state index in [1.807, 2.05) is 19.0 Å². The maximum absolute atomic E-state index is 12.5. The second-order valence-electron chi connectivity index (χ2n) is 5.61. The molecule has 1 saturated heterocycles. The van der Waals surface area contributed by atoms with E-state index in [0.29, 0.717) is 23.2 Å². The Balaban J connectivity index is 2.07. The lowest BCUT2D eigenvalue weighted by Crippen LogP contribution is -2.36. The van der Waals surface area contributed by atoms with Gasteiger partial charge >= 0.3 is 0 Å². The van der Waals surface area contributed by atoms with Gasteiger partial charge in [-0.1, -0.05) is 18.8 Å². The summed E-state index contributed by atoms with van der Waals surface area (Å²) in [4.78, 5) is 20.7. The lowest BCUT2D eigenvalue weighted by molar-refractivity contribution is 0.0775. The van der Waals surface area contributed by atoms with E-state index in [2.05, 4.69) is 28.6 Å². The van der Waals surface area contributed by atoms with Gasteiger partial charge in [0.2, 0.25) is 0 Å². The van der Waals surface area contributed by atoms with E-state index in [1.165, 1.54) is 0 Å². The van der Waals surface area contributed by atoms with Crippen molar-refractivity contribution in [1.82, 2.24) is 14.8 Å². The minimum Gasteiger partial charge on any atom is -0.384 e. The second kappa shape index (κ2) is 6.70. The third kappa shape index (κ3) is 3.60. The molecule has 2 heterocycles. The number of nitrogens with zero attached hydrogens (tertiary/aromatic N) is 3. The molecule has 112 valence electrons. The Kier molecular flexibility index (Phi) is 4.94. The van der Waals surface area contributed by atoms with Crippen molar-refractivity contribution in [3.8, 4) is 11.8 Å². The molecule has 0 radical (unpaired) electrons. The fraction of sp³-hybridized carbons (Fsp3) is 0.500. The lowest BCUT2D eigenvalue weighted by atomic mass is 10.1. The highest BCUT2D eigenvalue weighted by atomic mass is 16.2. The van der Waals surface area contributed by atoms with Crippen LogP contribution in [0.4, 0.5) is 0 Å². The van der Waals surface area contributed by atoms with Gasteiger partial charge in [-0.15, -0.1) is 0 Å². The highest BCUT2D eigenvalue weighted by Gasteiger charge is 2.34. The van der Waals surface area contributed by atoms with Gasteiger partial charge in [-0.25, -0.2) is 4.98 Å². The minimum atomic E-state index is -0.182. The number of hydrogen-bond acceptors (Lipinski definition) is 4. The van der Waals surface area contributed by atoms with Crippen LogP contribution in [0.3, 0.4) is 0 Å². The predicted molar refractivity (Wildman–Crippen MR) is 80.7 cm³/mol. The number of carbonyl (C=O) groups excluding carboxylic acids is 1. The maximum atomic E-state index is 12.5. The Morgan fingerprint density at radius 3 is 2.76 bits per heavy atom. The highest BCUT2D eigenvalue weighted by molar-refractivity contribution is 5.92. The van der Waals surface area contributed by atoms with Crippen molar-refractivity contribution in [3.63, 3.8) is 0 Å². The molecular weight excluding hydrogens is 266 g/mol. The molecule has 1 fully saturated rings. The van der Waals surface area contributed by atoms with Crippen LogP contribution in [0.25, 0.3) is 0 Å². The summed E-state index contributed by atoms with van der Waals surface area (Å²) in [6.45, 7) is 3.48. The van der Waals surface area contributed by atoms with Crippen molar-refractivity contribution >= 4 is 5.91 Å². The molecule has 0 aromatic carbocycles. The Morgan fingerprint density at radius 1 is 1.48 bits per heavy atom. The van der Waals surface area contributed by atoms with E-state index in [0.717, 1.165) is 13.1 Å². The zero-order valence-corrected chi connectivity index (χ0v) is 12.7. The molecule has 0 bridgehead atoms. The Hall–Kier alpha value is -1.90. The Labute approximate surface area is 125 Å². The summed E-state index contributed by atoms with van der Waals surface area (Å²) in [5.74, 6) is 5.74. The molecular formula is C16H21N3O2.